The number of oxazole rings is 1. The molecule has 1 N–H and O–H groups in total. The summed E-state index contributed by atoms with van der Waals surface area (Å²) in [6, 6.07) is 1.87. The maximum atomic E-state index is 12.2. The number of aromatic nitrogens is 3. The van der Waals surface area contributed by atoms with Gasteiger partial charge in [-0.2, -0.15) is 16.4 Å². The molecule has 0 bridgehead atoms. The number of carbonyl (C=O) groups is 1. The van der Waals surface area contributed by atoms with Gasteiger partial charge in [0.1, 0.15) is 12.0 Å². The van der Waals surface area contributed by atoms with Gasteiger partial charge in [-0.1, -0.05) is 0 Å². The largest absolute Gasteiger partial charge is 0.441 e. The topological polar surface area (TPSA) is 116 Å². The van der Waals surface area contributed by atoms with Crippen molar-refractivity contribution in [3.8, 4) is 11.5 Å². The highest BCUT2D eigenvalue weighted by Gasteiger charge is 2.22. The maximum Gasteiger partial charge on any atom is 0.331 e. The van der Waals surface area contributed by atoms with Gasteiger partial charge in [-0.25, -0.2) is 9.67 Å². The van der Waals surface area contributed by atoms with Crippen LogP contribution in [-0.2, 0) is 18.3 Å². The molecule has 0 aliphatic heterocycles. The van der Waals surface area contributed by atoms with E-state index in [1.807, 2.05) is 16.8 Å². The van der Waals surface area contributed by atoms with Gasteiger partial charge < -0.3 is 9.73 Å². The molecule has 0 radical (unpaired) electrons. The second kappa shape index (κ2) is 6.24. The van der Waals surface area contributed by atoms with Gasteiger partial charge in [-0.05, 0) is 18.4 Å². The van der Waals surface area contributed by atoms with E-state index >= 15 is 0 Å². The fraction of sp³-hybridized carbons (Fsp3) is 0.214. The highest BCUT2D eigenvalue weighted by atomic mass is 32.1. The summed E-state index contributed by atoms with van der Waals surface area (Å²) in [6.45, 7) is 1.72. The zero-order valence-corrected chi connectivity index (χ0v) is 13.7. The Morgan fingerprint density at radius 2 is 2.33 bits per heavy atom. The average Bonchev–Trinajstić information content (AvgIpc) is 3.22. The van der Waals surface area contributed by atoms with E-state index in [9.17, 15) is 14.9 Å². The smallest absolute Gasteiger partial charge is 0.331 e. The number of nitrogens with zero attached hydrogens (tertiary/aromatic N) is 4. The second-order valence-corrected chi connectivity index (χ2v) is 5.80. The number of hydrogen-bond donors (Lipinski definition) is 1. The standard InChI is InChI=1S/C14H13N5O4S/c1-8-10(16-14(23-8)9-3-4-24-7-9)5-12(20)17-13-11(19(21)22)6-15-18(13)2/h3-4,6-7H,5H2,1-2H3,(H,17,20). The quantitative estimate of drug-likeness (QED) is 0.560. The summed E-state index contributed by atoms with van der Waals surface area (Å²) in [4.78, 5) is 26.9. The molecular formula is C14H13N5O4S. The lowest BCUT2D eigenvalue weighted by atomic mass is 10.2. The Balaban J connectivity index is 1.76. The van der Waals surface area contributed by atoms with Gasteiger partial charge >= 0.3 is 5.69 Å². The molecule has 0 fully saturated rings. The number of anilines is 1. The molecule has 3 rings (SSSR count). The number of thiophene rings is 1. The minimum atomic E-state index is -0.599. The molecule has 9 nitrogen and oxygen atoms in total. The van der Waals surface area contributed by atoms with Crippen LogP contribution in [0.15, 0.2) is 27.4 Å². The second-order valence-electron chi connectivity index (χ2n) is 5.02. The van der Waals surface area contributed by atoms with Crippen LogP contribution in [0.1, 0.15) is 11.5 Å². The van der Waals surface area contributed by atoms with Crippen LogP contribution in [0.5, 0.6) is 0 Å². The SMILES string of the molecule is Cc1oc(-c2ccsc2)nc1CC(=O)Nc1c([N+](=O)[O-])cnn1C. The summed E-state index contributed by atoms with van der Waals surface area (Å²) < 4.78 is 6.81. The highest BCUT2D eigenvalue weighted by Crippen LogP contribution is 2.25. The average molecular weight is 347 g/mol. The maximum absolute atomic E-state index is 12.2. The summed E-state index contributed by atoms with van der Waals surface area (Å²) in [7, 11) is 1.51. The minimum Gasteiger partial charge on any atom is -0.441 e. The van der Waals surface area contributed by atoms with Gasteiger partial charge in [0.2, 0.25) is 17.6 Å². The summed E-state index contributed by atoms with van der Waals surface area (Å²) in [5, 5.41) is 21.0. The van der Waals surface area contributed by atoms with Crippen molar-refractivity contribution in [3.05, 3.63) is 44.6 Å². The molecule has 10 heteroatoms. The highest BCUT2D eigenvalue weighted by molar-refractivity contribution is 7.08. The molecule has 0 atom stereocenters. The Labute approximate surface area is 140 Å². The Bertz CT molecular complexity index is 897. The minimum absolute atomic E-state index is 0.0317. The zero-order valence-electron chi connectivity index (χ0n) is 12.8. The summed E-state index contributed by atoms with van der Waals surface area (Å²) >= 11 is 1.52. The van der Waals surface area contributed by atoms with Crippen LogP contribution < -0.4 is 5.32 Å². The van der Waals surface area contributed by atoms with E-state index in [2.05, 4.69) is 15.4 Å². The van der Waals surface area contributed by atoms with Gasteiger partial charge in [0, 0.05) is 18.0 Å². The van der Waals surface area contributed by atoms with E-state index in [1.165, 1.54) is 23.1 Å². The van der Waals surface area contributed by atoms with E-state index in [1.54, 1.807) is 6.92 Å². The first-order chi connectivity index (χ1) is 11.5. The van der Waals surface area contributed by atoms with Crippen LogP contribution >= 0.6 is 11.3 Å². The van der Waals surface area contributed by atoms with Crippen LogP contribution in [0.4, 0.5) is 11.5 Å². The van der Waals surface area contributed by atoms with Crippen LogP contribution in [0, 0.1) is 17.0 Å². The van der Waals surface area contributed by atoms with Crippen LogP contribution in [0.2, 0.25) is 0 Å². The third kappa shape index (κ3) is 3.04. The number of rotatable bonds is 5. The lowest BCUT2D eigenvalue weighted by molar-refractivity contribution is -0.384. The lowest BCUT2D eigenvalue weighted by Crippen LogP contribution is -2.18. The fourth-order valence-corrected chi connectivity index (χ4v) is 2.76. The molecule has 3 heterocycles. The first kappa shape index (κ1) is 15.9. The molecular weight excluding hydrogens is 334 g/mol. The van der Waals surface area contributed by atoms with Crippen molar-refractivity contribution in [2.24, 2.45) is 7.05 Å². The molecule has 0 unspecified atom stereocenters. The van der Waals surface area contributed by atoms with Crippen molar-refractivity contribution in [3.63, 3.8) is 0 Å². The zero-order chi connectivity index (χ0) is 17.3. The Morgan fingerprint density at radius 3 is 3.00 bits per heavy atom. The van der Waals surface area contributed by atoms with Crippen molar-refractivity contribution < 1.29 is 14.1 Å². The Morgan fingerprint density at radius 1 is 1.54 bits per heavy atom. The first-order valence-corrected chi connectivity index (χ1v) is 7.85. The first-order valence-electron chi connectivity index (χ1n) is 6.91. The van der Waals surface area contributed by atoms with E-state index in [0.717, 1.165) is 11.8 Å². The molecule has 1 amide bonds. The molecule has 0 saturated carbocycles. The number of carbonyl (C=O) groups excluding carboxylic acids is 1. The van der Waals surface area contributed by atoms with Gasteiger partial charge in [-0.15, -0.1) is 0 Å². The Hall–Kier alpha value is -3.01. The predicted molar refractivity (Wildman–Crippen MR) is 86.7 cm³/mol. The normalized spacial score (nSPS) is 10.8. The summed E-state index contributed by atoms with van der Waals surface area (Å²) in [5.41, 5.74) is 1.07. The molecule has 0 aliphatic rings. The predicted octanol–water partition coefficient (Wildman–Crippen LogP) is 2.53. The molecule has 0 spiro atoms. The number of nitrogens with one attached hydrogen (secondary N) is 1. The third-order valence-electron chi connectivity index (χ3n) is 3.36. The van der Waals surface area contributed by atoms with Gasteiger partial charge in [0.25, 0.3) is 0 Å². The van der Waals surface area contributed by atoms with Crippen molar-refractivity contribution in [1.29, 1.82) is 0 Å². The van der Waals surface area contributed by atoms with Crippen molar-refractivity contribution in [1.82, 2.24) is 14.8 Å². The van der Waals surface area contributed by atoms with Gasteiger partial charge in [0.15, 0.2) is 0 Å². The summed E-state index contributed by atoms with van der Waals surface area (Å²) in [6.07, 6.45) is 1.04. The van der Waals surface area contributed by atoms with Crippen molar-refractivity contribution >= 4 is 28.7 Å². The molecule has 0 aromatic carbocycles. The number of aryl methyl sites for hydroxylation is 2. The molecule has 0 saturated heterocycles. The molecule has 3 aromatic heterocycles. The van der Waals surface area contributed by atoms with Crippen LogP contribution in [0.3, 0.4) is 0 Å². The van der Waals surface area contributed by atoms with E-state index in [-0.39, 0.29) is 17.9 Å². The monoisotopic (exact) mass is 347 g/mol. The molecule has 124 valence electrons. The molecule has 0 aliphatic carbocycles. The lowest BCUT2D eigenvalue weighted by Gasteiger charge is -2.03. The molecule has 3 aromatic rings. The van der Waals surface area contributed by atoms with E-state index in [0.29, 0.717) is 17.3 Å². The van der Waals surface area contributed by atoms with Gasteiger partial charge in [0.05, 0.1) is 17.0 Å². The number of amides is 1. The third-order valence-corrected chi connectivity index (χ3v) is 4.05. The van der Waals surface area contributed by atoms with Crippen LogP contribution in [-0.4, -0.2) is 25.6 Å². The summed E-state index contributed by atoms with van der Waals surface area (Å²) in [5.74, 6) is 0.577. The van der Waals surface area contributed by atoms with Crippen molar-refractivity contribution in [2.45, 2.75) is 13.3 Å². The molecule has 24 heavy (non-hydrogen) atoms. The van der Waals surface area contributed by atoms with E-state index in [4.69, 9.17) is 4.42 Å². The van der Waals surface area contributed by atoms with Crippen molar-refractivity contribution in [2.75, 3.05) is 5.32 Å². The van der Waals surface area contributed by atoms with Crippen LogP contribution in [0.25, 0.3) is 11.5 Å². The Kier molecular flexibility index (Phi) is 4.13. The van der Waals surface area contributed by atoms with E-state index < -0.39 is 10.8 Å². The van der Waals surface area contributed by atoms with Gasteiger partial charge in [-0.3, -0.25) is 14.9 Å². The number of hydrogen-bond acceptors (Lipinski definition) is 7. The fourth-order valence-electron chi connectivity index (χ4n) is 2.13. The number of nitro groups is 1.